The Hall–Kier alpha value is -0.940. The molecule has 2 rings (SSSR count). The van der Waals surface area contributed by atoms with Gasteiger partial charge in [-0.15, -0.1) is 0 Å². The summed E-state index contributed by atoms with van der Waals surface area (Å²) < 4.78 is 0. The molecule has 0 saturated carbocycles. The Morgan fingerprint density at radius 2 is 1.71 bits per heavy atom. The van der Waals surface area contributed by atoms with Gasteiger partial charge in [0.15, 0.2) is 0 Å². The van der Waals surface area contributed by atoms with E-state index in [0.717, 1.165) is 32.5 Å². The van der Waals surface area contributed by atoms with E-state index < -0.39 is 0 Å². The standard InChI is InChI=1S/C12H21N3O2/c1-12(3-5-14(2)6-4-12)9-15-7-10(16)13-11(17)8-15/h3-9H2,1-2H3,(H,13,16,17). The highest BCUT2D eigenvalue weighted by molar-refractivity contribution is 5.99. The normalized spacial score (nSPS) is 26.9. The van der Waals surface area contributed by atoms with Crippen LogP contribution in [0.5, 0.6) is 0 Å². The van der Waals surface area contributed by atoms with Crippen molar-refractivity contribution >= 4 is 11.8 Å². The second kappa shape index (κ2) is 4.74. The second-order valence-corrected chi connectivity index (χ2v) is 5.73. The Bertz CT molecular complexity index is 306. The number of nitrogens with zero attached hydrogens (tertiary/aromatic N) is 2. The van der Waals surface area contributed by atoms with Gasteiger partial charge in [-0.2, -0.15) is 0 Å². The molecule has 0 radical (unpaired) electrons. The molecule has 0 aromatic carbocycles. The lowest BCUT2D eigenvalue weighted by molar-refractivity contribution is -0.136. The quantitative estimate of drug-likeness (QED) is 0.671. The summed E-state index contributed by atoms with van der Waals surface area (Å²) in [5.74, 6) is -0.337. The third kappa shape index (κ3) is 3.26. The zero-order valence-corrected chi connectivity index (χ0v) is 10.7. The van der Waals surface area contributed by atoms with Gasteiger partial charge in [0, 0.05) is 6.54 Å². The minimum Gasteiger partial charge on any atom is -0.306 e. The molecule has 96 valence electrons. The van der Waals surface area contributed by atoms with Crippen LogP contribution >= 0.6 is 0 Å². The van der Waals surface area contributed by atoms with E-state index in [0.29, 0.717) is 13.1 Å². The largest absolute Gasteiger partial charge is 0.306 e. The number of likely N-dealkylation sites (tertiary alicyclic amines) is 1. The minimum atomic E-state index is -0.169. The first-order chi connectivity index (χ1) is 7.97. The van der Waals surface area contributed by atoms with Crippen LogP contribution in [-0.2, 0) is 9.59 Å². The molecule has 0 aromatic rings. The van der Waals surface area contributed by atoms with Crippen LogP contribution in [-0.4, -0.2) is 61.4 Å². The fourth-order valence-electron chi connectivity index (χ4n) is 2.66. The number of nitrogens with one attached hydrogen (secondary N) is 1. The Morgan fingerprint density at radius 1 is 1.18 bits per heavy atom. The molecular weight excluding hydrogens is 218 g/mol. The van der Waals surface area contributed by atoms with Gasteiger partial charge < -0.3 is 4.90 Å². The third-order valence-corrected chi connectivity index (χ3v) is 3.81. The summed E-state index contributed by atoms with van der Waals surface area (Å²) in [5.41, 5.74) is 0.240. The van der Waals surface area contributed by atoms with E-state index in [4.69, 9.17) is 0 Å². The molecular formula is C12H21N3O2. The first kappa shape index (κ1) is 12.5. The van der Waals surface area contributed by atoms with Gasteiger partial charge >= 0.3 is 0 Å². The summed E-state index contributed by atoms with van der Waals surface area (Å²) in [5, 5.41) is 2.34. The lowest BCUT2D eigenvalue weighted by Gasteiger charge is -2.41. The van der Waals surface area contributed by atoms with Crippen molar-refractivity contribution in [1.82, 2.24) is 15.1 Å². The molecule has 2 aliphatic rings. The van der Waals surface area contributed by atoms with Gasteiger partial charge in [0.1, 0.15) is 0 Å². The van der Waals surface area contributed by atoms with Gasteiger partial charge in [-0.05, 0) is 38.4 Å². The van der Waals surface area contributed by atoms with Gasteiger partial charge in [-0.1, -0.05) is 6.92 Å². The predicted octanol–water partition coefficient (Wildman–Crippen LogP) is -0.323. The smallest absolute Gasteiger partial charge is 0.240 e. The minimum absolute atomic E-state index is 0.169. The zero-order valence-electron chi connectivity index (χ0n) is 10.7. The average molecular weight is 239 g/mol. The zero-order chi connectivity index (χ0) is 12.5. The summed E-state index contributed by atoms with van der Waals surface area (Å²) >= 11 is 0. The van der Waals surface area contributed by atoms with E-state index >= 15 is 0 Å². The number of imide groups is 1. The first-order valence-corrected chi connectivity index (χ1v) is 6.20. The van der Waals surface area contributed by atoms with Crippen LogP contribution < -0.4 is 5.32 Å². The van der Waals surface area contributed by atoms with Crippen LogP contribution in [0.15, 0.2) is 0 Å². The number of piperidine rings is 1. The van der Waals surface area contributed by atoms with Crippen molar-refractivity contribution in [2.45, 2.75) is 19.8 Å². The molecule has 0 unspecified atom stereocenters. The summed E-state index contributed by atoms with van der Waals surface area (Å²) in [7, 11) is 2.14. The highest BCUT2D eigenvalue weighted by Crippen LogP contribution is 2.31. The molecule has 2 aliphatic heterocycles. The van der Waals surface area contributed by atoms with E-state index in [9.17, 15) is 9.59 Å². The van der Waals surface area contributed by atoms with Gasteiger partial charge in [0.05, 0.1) is 13.1 Å². The Morgan fingerprint density at radius 3 is 2.24 bits per heavy atom. The number of hydrogen-bond donors (Lipinski definition) is 1. The maximum atomic E-state index is 11.3. The van der Waals surface area contributed by atoms with Gasteiger partial charge in [-0.25, -0.2) is 0 Å². The summed E-state index contributed by atoms with van der Waals surface area (Å²) in [6, 6.07) is 0. The summed E-state index contributed by atoms with van der Waals surface area (Å²) in [6.07, 6.45) is 2.27. The van der Waals surface area contributed by atoms with Crippen molar-refractivity contribution in [3.8, 4) is 0 Å². The van der Waals surface area contributed by atoms with Gasteiger partial charge in [-0.3, -0.25) is 19.8 Å². The highest BCUT2D eigenvalue weighted by Gasteiger charge is 2.33. The molecule has 17 heavy (non-hydrogen) atoms. The third-order valence-electron chi connectivity index (χ3n) is 3.81. The van der Waals surface area contributed by atoms with Crippen LogP contribution in [0, 0.1) is 5.41 Å². The summed E-state index contributed by atoms with van der Waals surface area (Å²) in [4.78, 5) is 26.9. The molecule has 2 fully saturated rings. The molecule has 0 spiro atoms. The van der Waals surface area contributed by atoms with Crippen molar-refractivity contribution < 1.29 is 9.59 Å². The molecule has 2 heterocycles. The maximum Gasteiger partial charge on any atom is 0.240 e. The van der Waals surface area contributed by atoms with Gasteiger partial charge in [0.25, 0.3) is 0 Å². The maximum absolute atomic E-state index is 11.3. The first-order valence-electron chi connectivity index (χ1n) is 6.20. The molecule has 5 nitrogen and oxygen atoms in total. The van der Waals surface area contributed by atoms with Crippen LogP contribution in [0.1, 0.15) is 19.8 Å². The Balaban J connectivity index is 1.91. The van der Waals surface area contributed by atoms with E-state index in [1.165, 1.54) is 0 Å². The molecule has 0 bridgehead atoms. The predicted molar refractivity (Wildman–Crippen MR) is 64.4 cm³/mol. The van der Waals surface area contributed by atoms with Crippen molar-refractivity contribution in [3.05, 3.63) is 0 Å². The fraction of sp³-hybridized carbons (Fsp3) is 0.833. The molecule has 2 amide bonds. The van der Waals surface area contributed by atoms with Crippen molar-refractivity contribution in [3.63, 3.8) is 0 Å². The van der Waals surface area contributed by atoms with E-state index in [1.54, 1.807) is 0 Å². The van der Waals surface area contributed by atoms with Crippen LogP contribution in [0.4, 0.5) is 0 Å². The number of carbonyl (C=O) groups is 2. The van der Waals surface area contributed by atoms with Gasteiger partial charge in [0.2, 0.25) is 11.8 Å². The monoisotopic (exact) mass is 239 g/mol. The molecule has 0 atom stereocenters. The number of piperazine rings is 1. The lowest BCUT2D eigenvalue weighted by atomic mass is 9.80. The van der Waals surface area contributed by atoms with E-state index in [-0.39, 0.29) is 17.2 Å². The number of hydrogen-bond acceptors (Lipinski definition) is 4. The molecule has 2 saturated heterocycles. The lowest BCUT2D eigenvalue weighted by Crippen LogP contribution is -2.54. The van der Waals surface area contributed by atoms with Crippen LogP contribution in [0.2, 0.25) is 0 Å². The topological polar surface area (TPSA) is 52.6 Å². The van der Waals surface area contributed by atoms with E-state index in [1.807, 2.05) is 4.90 Å². The number of rotatable bonds is 2. The van der Waals surface area contributed by atoms with Crippen molar-refractivity contribution in [1.29, 1.82) is 0 Å². The van der Waals surface area contributed by atoms with Crippen molar-refractivity contribution in [2.24, 2.45) is 5.41 Å². The molecule has 1 N–H and O–H groups in total. The Labute approximate surface area is 102 Å². The molecule has 0 aromatic heterocycles. The highest BCUT2D eigenvalue weighted by atomic mass is 16.2. The van der Waals surface area contributed by atoms with Crippen molar-refractivity contribution in [2.75, 3.05) is 39.8 Å². The van der Waals surface area contributed by atoms with Crippen LogP contribution in [0.3, 0.4) is 0 Å². The Kier molecular flexibility index (Phi) is 3.49. The number of amides is 2. The average Bonchev–Trinajstić information content (AvgIpc) is 2.21. The van der Waals surface area contributed by atoms with E-state index in [2.05, 4.69) is 24.2 Å². The second-order valence-electron chi connectivity index (χ2n) is 5.73. The molecule has 0 aliphatic carbocycles. The van der Waals surface area contributed by atoms with Crippen LogP contribution in [0.25, 0.3) is 0 Å². The molecule has 5 heteroatoms. The fourth-order valence-corrected chi connectivity index (χ4v) is 2.66. The SMILES string of the molecule is CN1CCC(C)(CN2CC(=O)NC(=O)C2)CC1. The number of carbonyl (C=O) groups excluding carboxylic acids is 2. The summed E-state index contributed by atoms with van der Waals surface area (Å²) in [6.45, 7) is 6.03.